The van der Waals surface area contributed by atoms with Gasteiger partial charge in [-0.15, -0.1) is 12.6 Å². The lowest BCUT2D eigenvalue weighted by Gasteiger charge is -2.05. The summed E-state index contributed by atoms with van der Waals surface area (Å²) in [6.07, 6.45) is 0. The van der Waals surface area contributed by atoms with Crippen molar-refractivity contribution in [1.29, 1.82) is 0 Å². The van der Waals surface area contributed by atoms with Gasteiger partial charge >= 0.3 is 0 Å². The van der Waals surface area contributed by atoms with Crippen molar-refractivity contribution in [3.8, 4) is 23.0 Å². The lowest BCUT2D eigenvalue weighted by atomic mass is 10.3. The van der Waals surface area contributed by atoms with Crippen LogP contribution in [0.25, 0.3) is 0 Å². The minimum Gasteiger partial charge on any atom is -0.508 e. The van der Waals surface area contributed by atoms with Crippen molar-refractivity contribution in [2.24, 2.45) is 0 Å². The molecule has 0 heterocycles. The molecule has 0 unspecified atom stereocenters. The summed E-state index contributed by atoms with van der Waals surface area (Å²) in [5.41, 5.74) is 0. The van der Waals surface area contributed by atoms with Crippen LogP contribution in [0.2, 0.25) is 0 Å². The van der Waals surface area contributed by atoms with Crippen LogP contribution >= 0.6 is 24.4 Å². The summed E-state index contributed by atoms with van der Waals surface area (Å²) in [5.74, 6) is 1.99. The van der Waals surface area contributed by atoms with Gasteiger partial charge in [-0.2, -0.15) is 0 Å². The van der Waals surface area contributed by atoms with Crippen LogP contribution in [0.15, 0.2) is 152 Å². The van der Waals surface area contributed by atoms with Crippen molar-refractivity contribution in [2.45, 2.75) is 24.5 Å². The Morgan fingerprint density at radius 3 is 1.50 bits per heavy atom. The maximum absolute atomic E-state index is 9.33. The molecule has 36 heavy (non-hydrogen) atoms. The zero-order valence-electron chi connectivity index (χ0n) is 19.2. The Labute approximate surface area is 225 Å². The summed E-state index contributed by atoms with van der Waals surface area (Å²) in [5, 5.41) is 18.1. The van der Waals surface area contributed by atoms with Gasteiger partial charge in [0.2, 0.25) is 0 Å². The van der Waals surface area contributed by atoms with E-state index in [0.29, 0.717) is 5.75 Å². The zero-order valence-corrected chi connectivity index (χ0v) is 21.8. The topological polar surface area (TPSA) is 49.7 Å². The zero-order chi connectivity index (χ0) is 25.2. The number of benzene rings is 5. The lowest BCUT2D eigenvalue weighted by molar-refractivity contribution is 0.464. The first-order valence-corrected chi connectivity index (χ1v) is 13.3. The van der Waals surface area contributed by atoms with Gasteiger partial charge < -0.3 is 14.9 Å². The van der Waals surface area contributed by atoms with E-state index in [9.17, 15) is 5.11 Å². The first-order chi connectivity index (χ1) is 17.5. The van der Waals surface area contributed by atoms with Crippen LogP contribution in [0, 0.1) is 0 Å². The lowest BCUT2D eigenvalue weighted by Crippen LogP contribution is -1.87. The van der Waals surface area contributed by atoms with Crippen LogP contribution in [-0.4, -0.2) is 10.2 Å². The highest BCUT2D eigenvalue weighted by Crippen LogP contribution is 2.29. The summed E-state index contributed by atoms with van der Waals surface area (Å²) in [6, 6.07) is 40.6. The molecule has 0 fully saturated rings. The second-order valence-corrected chi connectivity index (χ2v) is 10.5. The predicted molar refractivity (Wildman–Crippen MR) is 152 cm³/mol. The summed E-state index contributed by atoms with van der Waals surface area (Å²) < 4.78 is 5.79. The number of phenolic OH excluding ortho intramolecular Hbond substituents is 2. The first kappa shape index (κ1) is 25.6. The van der Waals surface area contributed by atoms with Gasteiger partial charge in [-0.1, -0.05) is 30.0 Å². The fraction of sp³-hybridized carbons (Fsp3) is 0. The summed E-state index contributed by atoms with van der Waals surface area (Å²) in [4.78, 5) is 5.81. The molecule has 0 atom stereocenters. The molecule has 0 bridgehead atoms. The van der Waals surface area contributed by atoms with Crippen molar-refractivity contribution in [3.63, 3.8) is 0 Å². The Bertz CT molecular complexity index is 1320. The molecule has 0 spiro atoms. The molecule has 0 saturated carbocycles. The van der Waals surface area contributed by atoms with Crippen molar-refractivity contribution in [1.82, 2.24) is 0 Å². The number of rotatable bonds is 6. The molecule has 2 N–H and O–H groups in total. The van der Waals surface area contributed by atoms with Gasteiger partial charge in [0.25, 0.3) is 0 Å². The van der Waals surface area contributed by atoms with E-state index in [0.717, 1.165) is 22.4 Å². The molecule has 0 amide bonds. The Hall–Kier alpha value is -3.45. The quantitative estimate of drug-likeness (QED) is 0.153. The predicted octanol–water partition coefficient (Wildman–Crippen LogP) is 8.25. The third-order valence-electron chi connectivity index (χ3n) is 4.83. The number of hydrogen-bond acceptors (Lipinski definition) is 5. The maximum Gasteiger partial charge on any atom is 0.158 e. The molecule has 0 aromatic heterocycles. The highest BCUT2D eigenvalue weighted by atomic mass is 32.2. The molecule has 0 saturated heterocycles. The molecule has 6 heteroatoms. The molecule has 0 aliphatic carbocycles. The average Bonchev–Trinajstić information content (AvgIpc) is 2.90. The van der Waals surface area contributed by atoms with Gasteiger partial charge in [0, 0.05) is 26.4 Å². The molecule has 0 aliphatic heterocycles. The normalized spacial score (nSPS) is 10.2. The SMILES string of the molecule is Oc1ccc(Oc2ccc([SH+]c3ccc(Sc4ccccc4)cc3)cc2)cc1.Oc1ccc(S)cc1. The van der Waals surface area contributed by atoms with E-state index in [1.807, 2.05) is 18.2 Å². The molecular formula is C30H25O3S3+. The third kappa shape index (κ3) is 8.34. The van der Waals surface area contributed by atoms with E-state index < -0.39 is 0 Å². The molecule has 3 nitrogen and oxygen atoms in total. The van der Waals surface area contributed by atoms with Crippen LogP contribution in [-0.2, 0) is 11.8 Å². The second kappa shape index (κ2) is 13.0. The van der Waals surface area contributed by atoms with Gasteiger partial charge in [-0.05, 0) is 109 Å². The van der Waals surface area contributed by atoms with Gasteiger partial charge in [0.15, 0.2) is 9.79 Å². The smallest absolute Gasteiger partial charge is 0.158 e. The van der Waals surface area contributed by atoms with Gasteiger partial charge in [0.05, 0.1) is 0 Å². The number of hydrogen-bond donors (Lipinski definition) is 3. The van der Waals surface area contributed by atoms with Crippen LogP contribution in [0.3, 0.4) is 0 Å². The van der Waals surface area contributed by atoms with Crippen molar-refractivity contribution >= 4 is 36.2 Å². The molecule has 180 valence electrons. The highest BCUT2D eigenvalue weighted by Gasteiger charge is 2.08. The Morgan fingerprint density at radius 2 is 0.972 bits per heavy atom. The van der Waals surface area contributed by atoms with Crippen LogP contribution in [0.1, 0.15) is 0 Å². The standard InChI is InChI=1S/C24H18O2S2.C6H6OS/c25-18-6-8-19(9-7-18)26-20-10-12-22(13-11-20)28-24-16-14-23(15-17-24)27-21-4-2-1-3-5-21;7-5-1-3-6(8)4-2-5/h1-17,25H;1-4,7-8H/p+1. The van der Waals surface area contributed by atoms with Crippen LogP contribution in [0.4, 0.5) is 0 Å². The van der Waals surface area contributed by atoms with Gasteiger partial charge in [0.1, 0.15) is 23.0 Å². The summed E-state index contributed by atoms with van der Waals surface area (Å²) >= 11 is 6.96. The monoisotopic (exact) mass is 529 g/mol. The average molecular weight is 530 g/mol. The van der Waals surface area contributed by atoms with Crippen LogP contribution in [0.5, 0.6) is 23.0 Å². The summed E-state index contributed by atoms with van der Waals surface area (Å²) in [6.45, 7) is 0. The van der Waals surface area contributed by atoms with Crippen LogP contribution < -0.4 is 4.74 Å². The number of phenols is 2. The van der Waals surface area contributed by atoms with E-state index in [-0.39, 0.29) is 11.5 Å². The fourth-order valence-electron chi connectivity index (χ4n) is 3.05. The Balaban J connectivity index is 0.000000325. The van der Waals surface area contributed by atoms with Crippen molar-refractivity contribution in [3.05, 3.63) is 127 Å². The number of thiol groups is 2. The van der Waals surface area contributed by atoms with E-state index >= 15 is 0 Å². The van der Waals surface area contributed by atoms with Crippen molar-refractivity contribution in [2.75, 3.05) is 0 Å². The molecule has 5 aromatic rings. The minimum atomic E-state index is 0.231. The van der Waals surface area contributed by atoms with E-state index in [4.69, 9.17) is 9.84 Å². The van der Waals surface area contributed by atoms with E-state index in [2.05, 4.69) is 73.3 Å². The van der Waals surface area contributed by atoms with Crippen molar-refractivity contribution < 1.29 is 14.9 Å². The number of ether oxygens (including phenoxy) is 1. The second-order valence-electron chi connectivity index (χ2n) is 7.63. The van der Waals surface area contributed by atoms with Gasteiger partial charge in [-0.25, -0.2) is 0 Å². The number of aromatic hydroxyl groups is 2. The molecule has 0 radical (unpaired) electrons. The Morgan fingerprint density at radius 1 is 0.528 bits per heavy atom. The fourth-order valence-corrected chi connectivity index (χ4v) is 4.94. The largest absolute Gasteiger partial charge is 0.508 e. The maximum atomic E-state index is 9.33. The molecule has 5 aromatic carbocycles. The third-order valence-corrected chi connectivity index (χ3v) is 7.26. The van der Waals surface area contributed by atoms with Gasteiger partial charge in [-0.3, -0.25) is 0 Å². The van der Waals surface area contributed by atoms with E-state index in [1.54, 1.807) is 60.3 Å². The highest BCUT2D eigenvalue weighted by molar-refractivity contribution is 7.99. The van der Waals surface area contributed by atoms with E-state index in [1.165, 1.54) is 19.6 Å². The summed E-state index contributed by atoms with van der Waals surface area (Å²) in [7, 11) is 0. The first-order valence-electron chi connectivity index (χ1n) is 11.1. The molecule has 5 rings (SSSR count). The minimum absolute atomic E-state index is 0.231. The molecular weight excluding hydrogens is 505 g/mol. The Kier molecular flexibility index (Phi) is 9.27. The molecule has 0 aliphatic rings.